The van der Waals surface area contributed by atoms with Gasteiger partial charge in [0.25, 0.3) is 5.91 Å². The molecule has 0 aliphatic rings. The van der Waals surface area contributed by atoms with E-state index in [1.54, 1.807) is 11.8 Å². The van der Waals surface area contributed by atoms with E-state index in [0.29, 0.717) is 10.7 Å². The number of nitrogens with one attached hydrogen (secondary N) is 1. The van der Waals surface area contributed by atoms with Gasteiger partial charge in [-0.05, 0) is 31.0 Å². The van der Waals surface area contributed by atoms with Crippen molar-refractivity contribution in [2.75, 3.05) is 5.32 Å². The van der Waals surface area contributed by atoms with Gasteiger partial charge in [-0.25, -0.2) is 0 Å². The monoisotopic (exact) mass is 355 g/mol. The number of carbonyl (C=O) groups is 1. The molecule has 0 spiro atoms. The molecule has 24 heavy (non-hydrogen) atoms. The third-order valence-electron chi connectivity index (χ3n) is 3.47. The molecule has 3 aromatic rings. The highest BCUT2D eigenvalue weighted by molar-refractivity contribution is 8.00. The van der Waals surface area contributed by atoms with Crippen LogP contribution in [0.5, 0.6) is 0 Å². The highest BCUT2D eigenvalue weighted by Crippen LogP contribution is 2.28. The SMILES string of the molecule is Cc1ccc(C)c(C(=O)Nc2nnc(SCc3ccccc3)s2)c1. The smallest absolute Gasteiger partial charge is 0.257 e. The van der Waals surface area contributed by atoms with Crippen molar-refractivity contribution in [3.8, 4) is 0 Å². The zero-order valence-electron chi connectivity index (χ0n) is 13.4. The van der Waals surface area contributed by atoms with Crippen LogP contribution in [0.2, 0.25) is 0 Å². The van der Waals surface area contributed by atoms with Crippen molar-refractivity contribution >= 4 is 34.1 Å². The molecule has 1 heterocycles. The lowest BCUT2D eigenvalue weighted by atomic mass is 10.1. The largest absolute Gasteiger partial charge is 0.296 e. The van der Waals surface area contributed by atoms with E-state index in [-0.39, 0.29) is 5.91 Å². The third-order valence-corrected chi connectivity index (χ3v) is 5.51. The van der Waals surface area contributed by atoms with Crippen LogP contribution in [0.1, 0.15) is 27.0 Å². The van der Waals surface area contributed by atoms with E-state index in [1.807, 2.05) is 50.2 Å². The maximum absolute atomic E-state index is 12.4. The maximum atomic E-state index is 12.4. The Morgan fingerprint density at radius 3 is 2.71 bits per heavy atom. The molecule has 122 valence electrons. The number of anilines is 1. The van der Waals surface area contributed by atoms with E-state index in [9.17, 15) is 4.79 Å². The van der Waals surface area contributed by atoms with Gasteiger partial charge < -0.3 is 0 Å². The number of carbonyl (C=O) groups excluding carboxylic acids is 1. The minimum absolute atomic E-state index is 0.146. The molecule has 0 aliphatic carbocycles. The van der Waals surface area contributed by atoms with E-state index in [4.69, 9.17) is 0 Å². The van der Waals surface area contributed by atoms with Crippen LogP contribution in [0.4, 0.5) is 5.13 Å². The molecule has 0 radical (unpaired) electrons. The Hall–Kier alpha value is -2.18. The van der Waals surface area contributed by atoms with Crippen LogP contribution < -0.4 is 5.32 Å². The molecule has 0 unspecified atom stereocenters. The third kappa shape index (κ3) is 4.21. The van der Waals surface area contributed by atoms with Gasteiger partial charge in [-0.1, -0.05) is 71.1 Å². The number of aromatic nitrogens is 2. The van der Waals surface area contributed by atoms with Gasteiger partial charge in [0.15, 0.2) is 4.34 Å². The molecule has 0 atom stereocenters. The van der Waals surface area contributed by atoms with Gasteiger partial charge in [-0.3, -0.25) is 10.1 Å². The number of nitrogens with zero attached hydrogens (tertiary/aromatic N) is 2. The minimum atomic E-state index is -0.146. The molecule has 0 bridgehead atoms. The number of aryl methyl sites for hydroxylation is 2. The lowest BCUT2D eigenvalue weighted by Gasteiger charge is -2.05. The van der Waals surface area contributed by atoms with E-state index in [2.05, 4.69) is 27.6 Å². The summed E-state index contributed by atoms with van der Waals surface area (Å²) < 4.78 is 0.843. The first-order chi connectivity index (χ1) is 11.6. The molecule has 2 aromatic carbocycles. The molecule has 0 aliphatic heterocycles. The minimum Gasteiger partial charge on any atom is -0.296 e. The fourth-order valence-electron chi connectivity index (χ4n) is 2.18. The summed E-state index contributed by atoms with van der Waals surface area (Å²) in [5.74, 6) is 0.687. The standard InChI is InChI=1S/C18H17N3OS2/c1-12-8-9-13(2)15(10-12)16(22)19-17-20-21-18(24-17)23-11-14-6-4-3-5-7-14/h3-10H,11H2,1-2H3,(H,19,20,22). The summed E-state index contributed by atoms with van der Waals surface area (Å²) in [5, 5.41) is 11.6. The van der Waals surface area contributed by atoms with E-state index >= 15 is 0 Å². The average molecular weight is 355 g/mol. The van der Waals surface area contributed by atoms with Crippen LogP contribution >= 0.6 is 23.1 Å². The highest BCUT2D eigenvalue weighted by Gasteiger charge is 2.13. The highest BCUT2D eigenvalue weighted by atomic mass is 32.2. The Kier molecular flexibility index (Phi) is 5.27. The van der Waals surface area contributed by atoms with Crippen molar-refractivity contribution in [3.63, 3.8) is 0 Å². The van der Waals surface area contributed by atoms with Gasteiger partial charge in [0.1, 0.15) is 0 Å². The number of hydrogen-bond donors (Lipinski definition) is 1. The second-order valence-electron chi connectivity index (χ2n) is 5.42. The van der Waals surface area contributed by atoms with Crippen LogP contribution in [-0.4, -0.2) is 16.1 Å². The molecule has 0 saturated heterocycles. The maximum Gasteiger partial charge on any atom is 0.257 e. The Morgan fingerprint density at radius 1 is 1.12 bits per heavy atom. The molecular formula is C18H17N3OS2. The molecule has 1 N–H and O–H groups in total. The van der Waals surface area contributed by atoms with Crippen LogP contribution in [0, 0.1) is 13.8 Å². The summed E-state index contributed by atoms with van der Waals surface area (Å²) >= 11 is 3.01. The van der Waals surface area contributed by atoms with Crippen molar-refractivity contribution in [2.45, 2.75) is 23.9 Å². The van der Waals surface area contributed by atoms with Crippen LogP contribution in [-0.2, 0) is 5.75 Å². The van der Waals surface area contributed by atoms with Crippen molar-refractivity contribution < 1.29 is 4.79 Å². The summed E-state index contributed by atoms with van der Waals surface area (Å²) in [6, 6.07) is 16.0. The number of hydrogen-bond acceptors (Lipinski definition) is 5. The van der Waals surface area contributed by atoms with Gasteiger partial charge in [0, 0.05) is 11.3 Å². The van der Waals surface area contributed by atoms with Crippen LogP contribution in [0.3, 0.4) is 0 Å². The Balaban J connectivity index is 1.63. The summed E-state index contributed by atoms with van der Waals surface area (Å²) in [5.41, 5.74) is 3.91. The molecule has 1 aromatic heterocycles. The first-order valence-electron chi connectivity index (χ1n) is 7.50. The molecular weight excluding hydrogens is 338 g/mol. The van der Waals surface area contributed by atoms with Gasteiger partial charge in [0.2, 0.25) is 5.13 Å². The molecule has 0 fully saturated rings. The van der Waals surface area contributed by atoms with E-state index < -0.39 is 0 Å². The fourth-order valence-corrected chi connectivity index (χ4v) is 3.89. The lowest BCUT2D eigenvalue weighted by Crippen LogP contribution is -2.13. The molecule has 4 nitrogen and oxygen atoms in total. The lowest BCUT2D eigenvalue weighted by molar-refractivity contribution is 0.102. The fraction of sp³-hybridized carbons (Fsp3) is 0.167. The zero-order valence-corrected chi connectivity index (χ0v) is 15.1. The van der Waals surface area contributed by atoms with Gasteiger partial charge in [-0.2, -0.15) is 0 Å². The zero-order chi connectivity index (χ0) is 16.9. The summed E-state index contributed by atoms with van der Waals surface area (Å²) in [6.07, 6.45) is 0. The predicted octanol–water partition coefficient (Wildman–Crippen LogP) is 4.70. The van der Waals surface area contributed by atoms with Gasteiger partial charge in [-0.15, -0.1) is 10.2 Å². The predicted molar refractivity (Wildman–Crippen MR) is 99.8 cm³/mol. The second kappa shape index (κ2) is 7.59. The van der Waals surface area contributed by atoms with Gasteiger partial charge >= 0.3 is 0 Å². The van der Waals surface area contributed by atoms with E-state index in [1.165, 1.54) is 16.9 Å². The topological polar surface area (TPSA) is 54.9 Å². The van der Waals surface area contributed by atoms with Crippen molar-refractivity contribution in [1.29, 1.82) is 0 Å². The average Bonchev–Trinajstić information content (AvgIpc) is 3.03. The number of benzene rings is 2. The van der Waals surface area contributed by atoms with Crippen molar-refractivity contribution in [3.05, 3.63) is 70.8 Å². The van der Waals surface area contributed by atoms with Crippen molar-refractivity contribution in [1.82, 2.24) is 10.2 Å². The molecule has 1 amide bonds. The van der Waals surface area contributed by atoms with Crippen LogP contribution in [0.25, 0.3) is 0 Å². The Morgan fingerprint density at radius 2 is 1.92 bits per heavy atom. The number of rotatable bonds is 5. The molecule has 6 heteroatoms. The summed E-state index contributed by atoms with van der Waals surface area (Å²) in [7, 11) is 0. The first-order valence-corrected chi connectivity index (χ1v) is 9.31. The quantitative estimate of drug-likeness (QED) is 0.532. The number of amides is 1. The Bertz CT molecular complexity index is 846. The molecule has 0 saturated carbocycles. The first kappa shape index (κ1) is 16.7. The van der Waals surface area contributed by atoms with Crippen LogP contribution in [0.15, 0.2) is 52.9 Å². The summed E-state index contributed by atoms with van der Waals surface area (Å²) in [6.45, 7) is 3.90. The second-order valence-corrected chi connectivity index (χ2v) is 7.62. The Labute approximate surface area is 149 Å². The molecule has 3 rings (SSSR count). The normalized spacial score (nSPS) is 10.6. The van der Waals surface area contributed by atoms with Crippen molar-refractivity contribution in [2.24, 2.45) is 0 Å². The van der Waals surface area contributed by atoms with E-state index in [0.717, 1.165) is 21.2 Å². The summed E-state index contributed by atoms with van der Waals surface area (Å²) in [4.78, 5) is 12.4. The number of thioether (sulfide) groups is 1. The van der Waals surface area contributed by atoms with Gasteiger partial charge in [0.05, 0.1) is 0 Å².